The first kappa shape index (κ1) is 16.4. The van der Waals surface area contributed by atoms with Crippen LogP contribution in [0.5, 0.6) is 0 Å². The minimum Gasteiger partial charge on any atom is -0.462 e. The molecule has 1 rings (SSSR count). The number of rotatable bonds is 3. The average Bonchev–Trinajstić information content (AvgIpc) is 2.36. The number of benzene rings is 1. The summed E-state index contributed by atoms with van der Waals surface area (Å²) in [4.78, 5) is 11.4. The smallest absolute Gasteiger partial charge is 0.342 e. The highest BCUT2D eigenvalue weighted by Crippen LogP contribution is 2.22. The van der Waals surface area contributed by atoms with Crippen LogP contribution in [0.1, 0.15) is 36.7 Å². The van der Waals surface area contributed by atoms with E-state index in [-0.39, 0.29) is 22.8 Å². The maximum atomic E-state index is 13.7. The Labute approximate surface area is 110 Å². The van der Waals surface area contributed by atoms with E-state index in [1.807, 2.05) is 13.8 Å². The normalized spacial score (nSPS) is 9.83. The third-order valence-electron chi connectivity index (χ3n) is 1.80. The van der Waals surface area contributed by atoms with E-state index in [4.69, 9.17) is 16.8 Å². The van der Waals surface area contributed by atoms with Gasteiger partial charge in [0.15, 0.2) is 0 Å². The molecule has 0 aliphatic rings. The molecule has 0 radical (unpaired) electrons. The van der Waals surface area contributed by atoms with E-state index in [2.05, 4.69) is 9.89 Å². The molecule has 0 unspecified atom stereocenters. The predicted molar refractivity (Wildman–Crippen MR) is 68.1 cm³/mol. The highest BCUT2D eigenvalue weighted by molar-refractivity contribution is 6.33. The van der Waals surface area contributed by atoms with Crippen molar-refractivity contribution in [2.24, 2.45) is 5.16 Å². The second kappa shape index (κ2) is 8.47. The summed E-state index contributed by atoms with van der Waals surface area (Å²) < 4.78 is 18.4. The van der Waals surface area contributed by atoms with Gasteiger partial charge in [-0.05, 0) is 19.1 Å². The van der Waals surface area contributed by atoms with E-state index < -0.39 is 11.8 Å². The van der Waals surface area contributed by atoms with Gasteiger partial charge < -0.3 is 9.94 Å². The Bertz CT molecular complexity index is 436. The lowest BCUT2D eigenvalue weighted by Crippen LogP contribution is -2.09. The fourth-order valence-electron chi connectivity index (χ4n) is 1.12. The average molecular weight is 276 g/mol. The molecule has 0 amide bonds. The molecule has 4 nitrogen and oxygen atoms in total. The molecular weight excluding hydrogens is 261 g/mol. The van der Waals surface area contributed by atoms with Gasteiger partial charge in [0.2, 0.25) is 0 Å². The van der Waals surface area contributed by atoms with Crippen LogP contribution in [0.25, 0.3) is 0 Å². The summed E-state index contributed by atoms with van der Waals surface area (Å²) in [5, 5.41) is 10.9. The van der Waals surface area contributed by atoms with E-state index in [9.17, 15) is 9.18 Å². The highest BCUT2D eigenvalue weighted by atomic mass is 35.5. The number of ether oxygens (including phenoxy) is 1. The van der Waals surface area contributed by atoms with Gasteiger partial charge in [0, 0.05) is 5.56 Å². The number of halogens is 2. The van der Waals surface area contributed by atoms with Crippen LogP contribution in [0.15, 0.2) is 17.3 Å². The molecule has 1 N–H and O–H groups in total. The van der Waals surface area contributed by atoms with Crippen molar-refractivity contribution in [2.45, 2.75) is 20.8 Å². The fourth-order valence-corrected chi connectivity index (χ4v) is 1.34. The Hall–Kier alpha value is -1.62. The summed E-state index contributed by atoms with van der Waals surface area (Å²) in [7, 11) is 0. The number of esters is 1. The number of carbonyl (C=O) groups excluding carboxylic acids is 1. The van der Waals surface area contributed by atoms with E-state index in [1.165, 1.54) is 12.1 Å². The summed E-state index contributed by atoms with van der Waals surface area (Å²) in [5.74, 6) is -1.72. The van der Waals surface area contributed by atoms with Crippen molar-refractivity contribution < 1.29 is 19.1 Å². The van der Waals surface area contributed by atoms with Crippen LogP contribution in [-0.2, 0) is 4.74 Å². The van der Waals surface area contributed by atoms with Gasteiger partial charge in [-0.2, -0.15) is 0 Å². The van der Waals surface area contributed by atoms with Crippen LogP contribution >= 0.6 is 11.6 Å². The maximum Gasteiger partial charge on any atom is 0.342 e. The molecule has 1 aromatic rings. The molecule has 6 heteroatoms. The Morgan fingerprint density at radius 1 is 1.56 bits per heavy atom. The molecule has 0 aromatic heterocycles. The molecule has 18 heavy (non-hydrogen) atoms. The van der Waals surface area contributed by atoms with Gasteiger partial charge in [0.1, 0.15) is 11.4 Å². The number of hydrogen-bond acceptors (Lipinski definition) is 4. The van der Waals surface area contributed by atoms with Crippen molar-refractivity contribution in [1.29, 1.82) is 0 Å². The van der Waals surface area contributed by atoms with Gasteiger partial charge in [-0.1, -0.05) is 30.6 Å². The predicted octanol–water partition coefficient (Wildman–Crippen LogP) is 3.49. The molecule has 1 aromatic carbocycles. The zero-order valence-electron chi connectivity index (χ0n) is 10.4. The third-order valence-corrected chi connectivity index (χ3v) is 2.11. The Morgan fingerprint density at radius 3 is 2.67 bits per heavy atom. The van der Waals surface area contributed by atoms with Gasteiger partial charge in [-0.15, -0.1) is 0 Å². The summed E-state index contributed by atoms with van der Waals surface area (Å²) in [5.41, 5.74) is -0.407. The Kier molecular flexibility index (Phi) is 7.71. The molecule has 100 valence electrons. The number of hydrogen-bond donors (Lipinski definition) is 1. The van der Waals surface area contributed by atoms with Crippen LogP contribution in [-0.4, -0.2) is 24.0 Å². The molecule has 0 aliphatic heterocycles. The molecule has 0 saturated carbocycles. The second-order valence-corrected chi connectivity index (χ2v) is 3.20. The fraction of sp³-hybridized carbons (Fsp3) is 0.333. The Morgan fingerprint density at radius 2 is 2.17 bits per heavy atom. The molecule has 0 bridgehead atoms. The molecule has 0 aliphatic carbocycles. The summed E-state index contributed by atoms with van der Waals surface area (Å²) in [6.07, 6.45) is 0.869. The van der Waals surface area contributed by atoms with Crippen molar-refractivity contribution in [2.75, 3.05) is 6.61 Å². The van der Waals surface area contributed by atoms with Crippen molar-refractivity contribution in [3.8, 4) is 0 Å². The monoisotopic (exact) mass is 275 g/mol. The lowest BCUT2D eigenvalue weighted by molar-refractivity contribution is 0.0521. The first-order valence-corrected chi connectivity index (χ1v) is 5.82. The highest BCUT2D eigenvalue weighted by Gasteiger charge is 2.19. The molecule has 0 heterocycles. The van der Waals surface area contributed by atoms with E-state index in [0.29, 0.717) is 0 Å². The van der Waals surface area contributed by atoms with Gasteiger partial charge in [0.25, 0.3) is 0 Å². The molecular formula is C12H15ClFNO3. The quantitative estimate of drug-likeness (QED) is 0.398. The lowest BCUT2D eigenvalue weighted by atomic mass is 10.1. The first-order chi connectivity index (χ1) is 8.61. The second-order valence-electron chi connectivity index (χ2n) is 2.79. The zero-order chi connectivity index (χ0) is 14.1. The molecule has 0 spiro atoms. The van der Waals surface area contributed by atoms with Crippen LogP contribution in [0.2, 0.25) is 5.02 Å². The topological polar surface area (TPSA) is 58.9 Å². The van der Waals surface area contributed by atoms with E-state index in [0.717, 1.165) is 6.21 Å². The number of oxime groups is 1. The first-order valence-electron chi connectivity index (χ1n) is 5.44. The van der Waals surface area contributed by atoms with Gasteiger partial charge in [-0.25, -0.2) is 9.18 Å². The summed E-state index contributed by atoms with van der Waals surface area (Å²) in [6, 6.07) is 2.62. The minimum absolute atomic E-state index is 0.0463. The van der Waals surface area contributed by atoms with E-state index in [1.54, 1.807) is 6.92 Å². The van der Waals surface area contributed by atoms with Gasteiger partial charge >= 0.3 is 5.97 Å². The summed E-state index contributed by atoms with van der Waals surface area (Å²) in [6.45, 7) is 5.72. The van der Waals surface area contributed by atoms with Crippen LogP contribution in [0.4, 0.5) is 4.39 Å². The van der Waals surface area contributed by atoms with Gasteiger partial charge in [0.05, 0.1) is 17.8 Å². The summed E-state index contributed by atoms with van der Waals surface area (Å²) >= 11 is 5.68. The Balaban J connectivity index is 0.00000137. The maximum absolute atomic E-state index is 13.7. The zero-order valence-corrected chi connectivity index (χ0v) is 11.2. The number of carbonyl (C=O) groups is 1. The van der Waals surface area contributed by atoms with Crippen LogP contribution < -0.4 is 0 Å². The number of nitrogens with zero attached hydrogens (tertiary/aromatic N) is 1. The van der Waals surface area contributed by atoms with Crippen molar-refractivity contribution in [3.05, 3.63) is 34.1 Å². The van der Waals surface area contributed by atoms with Crippen LogP contribution in [0.3, 0.4) is 0 Å². The SMILES string of the molecule is CC.CCOC(=O)c1c(Cl)ccc(/C=N/O)c1F. The van der Waals surface area contributed by atoms with Crippen molar-refractivity contribution >= 4 is 23.8 Å². The van der Waals surface area contributed by atoms with Crippen LogP contribution in [0, 0.1) is 5.82 Å². The molecule has 0 fully saturated rings. The van der Waals surface area contributed by atoms with Crippen molar-refractivity contribution in [1.82, 2.24) is 0 Å². The third kappa shape index (κ3) is 4.00. The molecule has 0 saturated heterocycles. The van der Waals surface area contributed by atoms with E-state index >= 15 is 0 Å². The van der Waals surface area contributed by atoms with Gasteiger partial charge in [-0.3, -0.25) is 0 Å². The standard InChI is InChI=1S/C10H9ClFNO3.C2H6/c1-2-16-10(14)8-7(11)4-3-6(5-13-15)9(8)12;1-2/h3-5,15H,2H2,1H3;1-2H3/b13-5+;. The lowest BCUT2D eigenvalue weighted by Gasteiger charge is -2.06. The largest absolute Gasteiger partial charge is 0.462 e. The molecule has 0 atom stereocenters. The van der Waals surface area contributed by atoms with Crippen molar-refractivity contribution in [3.63, 3.8) is 0 Å². The minimum atomic E-state index is -0.872.